The first-order valence-electron chi connectivity index (χ1n) is 24.0. The Morgan fingerprint density at radius 3 is 2.31 bits per heavy atom. The molecule has 7 fully saturated rings. The van der Waals surface area contributed by atoms with Crippen molar-refractivity contribution in [3.05, 3.63) is 35.4 Å². The number of carboxylic acid groups (broad SMARTS) is 1. The molecule has 1 aromatic carbocycles. The van der Waals surface area contributed by atoms with Crippen molar-refractivity contribution in [1.82, 2.24) is 0 Å². The molecule has 4 bridgehead atoms. The molecule has 7 aliphatic carbocycles. The molecule has 9 rings (SSSR count). The predicted octanol–water partition coefficient (Wildman–Crippen LogP) is 10.4. The number of hydrogen-bond donors (Lipinski definition) is 3. The Morgan fingerprint density at radius 2 is 1.60 bits per heavy atom. The van der Waals surface area contributed by atoms with Crippen LogP contribution in [0.25, 0.3) is 0 Å². The number of ether oxygens (including phenoxy) is 2. The molecule has 3 N–H and O–H groups in total. The average molecular weight is 797 g/mol. The molecule has 1 saturated heterocycles. The molecule has 6 heteroatoms. The van der Waals surface area contributed by atoms with Crippen molar-refractivity contribution in [1.29, 1.82) is 0 Å². The molecule has 1 aliphatic heterocycles. The zero-order valence-electron chi connectivity index (χ0n) is 37.1. The molecule has 320 valence electrons. The van der Waals surface area contributed by atoms with Gasteiger partial charge in [-0.05, 0) is 160 Å². The van der Waals surface area contributed by atoms with Gasteiger partial charge in [-0.25, -0.2) is 0 Å². The molecule has 58 heavy (non-hydrogen) atoms. The average Bonchev–Trinajstić information content (AvgIpc) is 3.34. The van der Waals surface area contributed by atoms with E-state index in [2.05, 4.69) is 77.6 Å². The largest absolute Gasteiger partial charge is 0.481 e. The summed E-state index contributed by atoms with van der Waals surface area (Å²) in [5.74, 6) is 7.85. The van der Waals surface area contributed by atoms with Gasteiger partial charge in [-0.2, -0.15) is 0 Å². The van der Waals surface area contributed by atoms with Gasteiger partial charge in [0, 0.05) is 42.6 Å². The Morgan fingerprint density at radius 1 is 0.879 bits per heavy atom. The summed E-state index contributed by atoms with van der Waals surface area (Å²) in [7, 11) is 1.75. The van der Waals surface area contributed by atoms with Crippen LogP contribution in [0, 0.1) is 85.3 Å². The fourth-order valence-electron chi connectivity index (χ4n) is 18.6. The highest BCUT2D eigenvalue weighted by Gasteiger charge is 2.85. The predicted molar refractivity (Wildman–Crippen MR) is 227 cm³/mol. The van der Waals surface area contributed by atoms with Crippen molar-refractivity contribution in [2.45, 2.75) is 182 Å². The van der Waals surface area contributed by atoms with Gasteiger partial charge >= 0.3 is 5.97 Å². The molecule has 0 radical (unpaired) electrons. The lowest BCUT2D eigenvalue weighted by atomic mass is 9.21. The molecule has 0 amide bonds. The second-order valence-electron chi connectivity index (χ2n) is 22.8. The van der Waals surface area contributed by atoms with Gasteiger partial charge in [0.05, 0.1) is 24.2 Å². The Labute approximate surface area is 350 Å². The van der Waals surface area contributed by atoms with Crippen molar-refractivity contribution < 1.29 is 29.6 Å². The summed E-state index contributed by atoms with van der Waals surface area (Å²) in [5.41, 5.74) is 0.753. The third-order valence-electron chi connectivity index (χ3n) is 20.8. The summed E-state index contributed by atoms with van der Waals surface area (Å²) in [6.45, 7) is 15.2. The van der Waals surface area contributed by atoms with Crippen LogP contribution in [0.3, 0.4) is 0 Å². The lowest BCUT2D eigenvalue weighted by molar-refractivity contribution is -0.348. The van der Waals surface area contributed by atoms with Gasteiger partial charge in [-0.15, -0.1) is 5.92 Å². The van der Waals surface area contributed by atoms with E-state index in [-0.39, 0.29) is 62.8 Å². The minimum absolute atomic E-state index is 0.00557. The summed E-state index contributed by atoms with van der Waals surface area (Å²) >= 11 is 0. The van der Waals surface area contributed by atoms with Crippen LogP contribution in [0.2, 0.25) is 0 Å². The molecule has 16 atom stereocenters. The lowest BCUT2D eigenvalue weighted by Crippen LogP contribution is -2.79. The SMILES string of the molecule is CCC[C@@H]1CC#C[C@@]23CC[C@]45[C@@H]([C@@H](O)C[C@](O)(O[C@@H]4Cc4ccc(CCOC)cc4)[C@@H]5CCC)[C@]2(C)C[C@H]2CCC4[C@@H]5[C@@](C)(CC[C@@]3(C)[C@@]25CC1)CC[C@@]4(C)C(=O)O. The number of fused-ring (bicyclic) bond motifs is 2. The highest BCUT2D eigenvalue weighted by molar-refractivity contribution is 5.75. The van der Waals surface area contributed by atoms with Crippen LogP contribution >= 0.6 is 0 Å². The van der Waals surface area contributed by atoms with Gasteiger partial charge < -0.3 is 24.8 Å². The maximum absolute atomic E-state index is 13.5. The monoisotopic (exact) mass is 797 g/mol. The van der Waals surface area contributed by atoms with E-state index in [1.807, 2.05) is 0 Å². The van der Waals surface area contributed by atoms with E-state index in [1.54, 1.807) is 7.11 Å². The van der Waals surface area contributed by atoms with E-state index in [0.717, 1.165) is 89.9 Å². The summed E-state index contributed by atoms with van der Waals surface area (Å²) in [5, 5.41) is 36.7. The Hall–Kier alpha value is -1.91. The first kappa shape index (κ1) is 41.4. The van der Waals surface area contributed by atoms with Gasteiger partial charge in [0.1, 0.15) is 0 Å². The number of rotatable bonds is 10. The number of methoxy groups -OCH3 is 1. The van der Waals surface area contributed by atoms with E-state index in [0.29, 0.717) is 24.4 Å². The van der Waals surface area contributed by atoms with Gasteiger partial charge in [-0.3, -0.25) is 4.79 Å². The zero-order chi connectivity index (χ0) is 41.1. The number of hydrogen-bond acceptors (Lipinski definition) is 5. The molecule has 6 saturated carbocycles. The van der Waals surface area contributed by atoms with E-state index < -0.39 is 23.3 Å². The number of aliphatic carboxylic acids is 1. The molecule has 1 heterocycles. The molecular formula is C52H76O6. The van der Waals surface area contributed by atoms with Crippen molar-refractivity contribution in [2.24, 2.45) is 73.4 Å². The maximum atomic E-state index is 13.5. The van der Waals surface area contributed by atoms with Crippen LogP contribution in [-0.4, -0.2) is 53.0 Å². The molecule has 0 aromatic heterocycles. The first-order chi connectivity index (χ1) is 27.6. The minimum atomic E-state index is -1.34. The van der Waals surface area contributed by atoms with Crippen LogP contribution in [0.1, 0.15) is 162 Å². The summed E-state index contributed by atoms with van der Waals surface area (Å²) in [4.78, 5) is 13.5. The fraction of sp³-hybridized carbons (Fsp3) is 0.827. The van der Waals surface area contributed by atoms with E-state index in [9.17, 15) is 20.1 Å². The Balaban J connectivity index is 1.22. The van der Waals surface area contributed by atoms with Gasteiger partial charge in [0.15, 0.2) is 5.79 Å². The highest BCUT2D eigenvalue weighted by Crippen LogP contribution is 2.88. The highest BCUT2D eigenvalue weighted by atomic mass is 16.6. The van der Waals surface area contributed by atoms with Crippen LogP contribution in [-0.2, 0) is 27.1 Å². The third-order valence-corrected chi connectivity index (χ3v) is 20.8. The minimum Gasteiger partial charge on any atom is -0.481 e. The van der Waals surface area contributed by atoms with Crippen molar-refractivity contribution >= 4 is 5.97 Å². The standard InChI is InChI=1S/C52H76O6/c1-8-11-34-13-10-22-49-28-29-50-40(12-9-2)52(56,58-41(50)31-36-16-14-35(15-17-36)21-30-57-7)33-39(53)43(50)47(49,5)32-37-18-19-38-42-45(3,24-26-46(38,4)44(54)55)25-27-48(49,6)51(37,42)23-20-34/h14-17,34,37-43,53,56H,8-9,11-13,18-21,23-33H2,1-7H3,(H,54,55)/t34-,37-,38?,39+,40-,41-,42-,43+,45-,46-,47+,48-,49-,50-,51+,52+/m1/s1. The molecule has 1 unspecified atom stereocenters. The van der Waals surface area contributed by atoms with Crippen LogP contribution in [0.15, 0.2) is 24.3 Å². The number of aliphatic hydroxyl groups is 2. The molecular weight excluding hydrogens is 721 g/mol. The van der Waals surface area contributed by atoms with E-state index in [4.69, 9.17) is 9.47 Å². The van der Waals surface area contributed by atoms with Gasteiger partial charge in [0.2, 0.25) is 0 Å². The van der Waals surface area contributed by atoms with Gasteiger partial charge in [0.25, 0.3) is 0 Å². The number of benzene rings is 1. The Bertz CT molecular complexity index is 1810. The second kappa shape index (κ2) is 14.1. The molecule has 3 spiro atoms. The second-order valence-corrected chi connectivity index (χ2v) is 22.8. The molecule has 1 aromatic rings. The van der Waals surface area contributed by atoms with E-state index >= 15 is 0 Å². The molecule has 8 aliphatic rings. The topological polar surface area (TPSA) is 96.2 Å². The smallest absolute Gasteiger partial charge is 0.309 e. The third kappa shape index (κ3) is 5.21. The lowest BCUT2D eigenvalue weighted by Gasteiger charge is -2.82. The van der Waals surface area contributed by atoms with Crippen molar-refractivity contribution in [2.75, 3.05) is 13.7 Å². The van der Waals surface area contributed by atoms with Crippen molar-refractivity contribution in [3.8, 4) is 11.8 Å². The normalized spacial score (nSPS) is 51.1. The number of carboxylic acids is 1. The number of carbonyl (C=O) groups is 1. The first-order valence-corrected chi connectivity index (χ1v) is 24.0. The van der Waals surface area contributed by atoms with E-state index in [1.165, 1.54) is 36.8 Å². The quantitative estimate of drug-likeness (QED) is 0.204. The summed E-state index contributed by atoms with van der Waals surface area (Å²) in [6.07, 6.45) is 17.5. The zero-order valence-corrected chi connectivity index (χ0v) is 37.1. The number of aliphatic hydroxyl groups excluding tert-OH is 1. The molecule has 6 nitrogen and oxygen atoms in total. The Kier molecular flexibility index (Phi) is 10.0. The van der Waals surface area contributed by atoms with Crippen LogP contribution in [0.5, 0.6) is 0 Å². The maximum Gasteiger partial charge on any atom is 0.309 e. The fourth-order valence-corrected chi connectivity index (χ4v) is 18.6. The summed E-state index contributed by atoms with van der Waals surface area (Å²) < 4.78 is 12.5. The summed E-state index contributed by atoms with van der Waals surface area (Å²) in [6, 6.07) is 8.96. The van der Waals surface area contributed by atoms with Crippen LogP contribution < -0.4 is 0 Å². The van der Waals surface area contributed by atoms with Crippen molar-refractivity contribution in [3.63, 3.8) is 0 Å². The van der Waals surface area contributed by atoms with Gasteiger partial charge in [-0.1, -0.05) is 77.6 Å². The van der Waals surface area contributed by atoms with Crippen LogP contribution in [0.4, 0.5) is 0 Å².